The topological polar surface area (TPSA) is 43.8 Å². The number of aliphatic carboxylic acids is 1. The molecule has 0 saturated carbocycles. The van der Waals surface area contributed by atoms with Crippen LogP contribution in [-0.2, 0) is 11.3 Å². The van der Waals surface area contributed by atoms with Crippen LogP contribution < -0.4 is 4.90 Å². The summed E-state index contributed by atoms with van der Waals surface area (Å²) >= 11 is 0. The summed E-state index contributed by atoms with van der Waals surface area (Å²) in [7, 11) is 0. The van der Waals surface area contributed by atoms with Gasteiger partial charge in [0.2, 0.25) is 0 Å². The van der Waals surface area contributed by atoms with Crippen molar-refractivity contribution in [2.45, 2.75) is 32.4 Å². The molecule has 1 aliphatic rings. The van der Waals surface area contributed by atoms with Crippen LogP contribution in [0.5, 0.6) is 0 Å². The van der Waals surface area contributed by atoms with Crippen molar-refractivity contribution in [3.05, 3.63) is 65.2 Å². The van der Waals surface area contributed by atoms with E-state index in [4.69, 9.17) is 0 Å². The second-order valence-electron chi connectivity index (χ2n) is 7.13. The molecule has 1 fully saturated rings. The van der Waals surface area contributed by atoms with Gasteiger partial charge in [0.05, 0.1) is 6.54 Å². The van der Waals surface area contributed by atoms with Gasteiger partial charge in [0.15, 0.2) is 0 Å². The number of nitrogens with zero attached hydrogens (tertiary/aromatic N) is 2. The molecule has 144 valence electrons. The molecule has 0 spiro atoms. The third kappa shape index (κ3) is 5.26. The maximum Gasteiger partial charge on any atom is 0.317 e. The van der Waals surface area contributed by atoms with Crippen molar-refractivity contribution in [1.29, 1.82) is 0 Å². The number of aryl methyl sites for hydroxylation is 1. The Morgan fingerprint density at radius 1 is 1.11 bits per heavy atom. The van der Waals surface area contributed by atoms with Crippen molar-refractivity contribution >= 4 is 11.7 Å². The van der Waals surface area contributed by atoms with Gasteiger partial charge in [-0.3, -0.25) is 9.69 Å². The summed E-state index contributed by atoms with van der Waals surface area (Å²) in [5.74, 6) is -2.23. The molecule has 0 amide bonds. The van der Waals surface area contributed by atoms with Crippen LogP contribution in [0.25, 0.3) is 0 Å². The molecule has 0 aliphatic carbocycles. The molecule has 3 rings (SSSR count). The Kier molecular flexibility index (Phi) is 6.06. The molecule has 4 nitrogen and oxygen atoms in total. The first-order valence-electron chi connectivity index (χ1n) is 9.13. The van der Waals surface area contributed by atoms with E-state index in [-0.39, 0.29) is 19.1 Å². The molecule has 2 aromatic carbocycles. The van der Waals surface area contributed by atoms with Crippen molar-refractivity contribution in [1.82, 2.24) is 4.90 Å². The van der Waals surface area contributed by atoms with Gasteiger partial charge in [-0.1, -0.05) is 17.7 Å². The third-order valence-electron chi connectivity index (χ3n) is 5.03. The summed E-state index contributed by atoms with van der Waals surface area (Å²) in [5.41, 5.74) is 2.83. The Morgan fingerprint density at radius 2 is 1.70 bits per heavy atom. The van der Waals surface area contributed by atoms with Crippen LogP contribution in [0.4, 0.5) is 14.5 Å². The Labute approximate surface area is 158 Å². The molecule has 0 unspecified atom stereocenters. The fourth-order valence-corrected chi connectivity index (χ4v) is 3.67. The first-order chi connectivity index (χ1) is 12.9. The zero-order valence-corrected chi connectivity index (χ0v) is 15.4. The maximum atomic E-state index is 13.5. The van der Waals surface area contributed by atoms with Gasteiger partial charge in [-0.2, -0.15) is 0 Å². The molecule has 0 radical (unpaired) electrons. The average molecular weight is 374 g/mol. The van der Waals surface area contributed by atoms with E-state index in [2.05, 4.69) is 36.1 Å². The molecule has 1 aliphatic heterocycles. The molecular formula is C21H24F2N2O2. The monoisotopic (exact) mass is 374 g/mol. The number of carboxylic acids is 1. The minimum absolute atomic E-state index is 0.0640. The van der Waals surface area contributed by atoms with E-state index < -0.39 is 17.6 Å². The molecule has 1 N–H and O–H groups in total. The van der Waals surface area contributed by atoms with Gasteiger partial charge < -0.3 is 10.0 Å². The number of hydrogen-bond acceptors (Lipinski definition) is 3. The molecule has 27 heavy (non-hydrogen) atoms. The predicted octanol–water partition coefficient (Wildman–Crippen LogP) is 3.83. The van der Waals surface area contributed by atoms with Gasteiger partial charge in [0, 0.05) is 37.4 Å². The summed E-state index contributed by atoms with van der Waals surface area (Å²) in [5, 5.41) is 9.26. The van der Waals surface area contributed by atoms with Gasteiger partial charge in [0.25, 0.3) is 0 Å². The molecule has 0 bridgehead atoms. The molecule has 2 aromatic rings. The summed E-state index contributed by atoms with van der Waals surface area (Å²) in [4.78, 5) is 15.4. The van der Waals surface area contributed by atoms with Crippen LogP contribution in [0.2, 0.25) is 0 Å². The van der Waals surface area contributed by atoms with Crippen molar-refractivity contribution < 1.29 is 18.7 Å². The van der Waals surface area contributed by atoms with Crippen LogP contribution in [0, 0.1) is 18.6 Å². The summed E-state index contributed by atoms with van der Waals surface area (Å²) in [6, 6.07) is 11.8. The molecule has 0 aromatic heterocycles. The number of rotatable bonds is 6. The number of hydrogen-bond donors (Lipinski definition) is 1. The van der Waals surface area contributed by atoms with Gasteiger partial charge in [-0.05, 0) is 49.6 Å². The Hall–Kier alpha value is -2.47. The van der Waals surface area contributed by atoms with E-state index in [1.54, 1.807) is 0 Å². The number of carbonyl (C=O) groups is 1. The second kappa shape index (κ2) is 8.48. The number of benzene rings is 2. The smallest absolute Gasteiger partial charge is 0.317 e. The lowest BCUT2D eigenvalue weighted by Gasteiger charge is -2.39. The van der Waals surface area contributed by atoms with E-state index >= 15 is 0 Å². The number of piperidine rings is 1. The van der Waals surface area contributed by atoms with Gasteiger partial charge in [-0.15, -0.1) is 0 Å². The normalized spacial score (nSPS) is 15.3. The minimum Gasteiger partial charge on any atom is -0.480 e. The van der Waals surface area contributed by atoms with Crippen LogP contribution in [0.15, 0.2) is 42.5 Å². The van der Waals surface area contributed by atoms with Crippen LogP contribution >= 0.6 is 0 Å². The lowest BCUT2D eigenvalue weighted by Crippen LogP contribution is -2.46. The van der Waals surface area contributed by atoms with Crippen LogP contribution in [0.1, 0.15) is 24.0 Å². The maximum absolute atomic E-state index is 13.5. The highest BCUT2D eigenvalue weighted by Crippen LogP contribution is 2.24. The standard InChI is InChI=1S/C21H24F2N2O2/c1-15-2-4-19(5-3-15)24-8-6-20(7-9-24)25(14-21(26)27)13-16-10-17(22)12-18(23)11-16/h2-5,10-12,20H,6-9,13-14H2,1H3,(H,26,27). The van der Waals surface area contributed by atoms with Gasteiger partial charge in [-0.25, -0.2) is 8.78 Å². The first kappa shape index (κ1) is 19.3. The Balaban J connectivity index is 1.67. The van der Waals surface area contributed by atoms with Crippen molar-refractivity contribution in [2.75, 3.05) is 24.5 Å². The molecule has 1 heterocycles. The molecular weight excluding hydrogens is 350 g/mol. The third-order valence-corrected chi connectivity index (χ3v) is 5.03. The first-order valence-corrected chi connectivity index (χ1v) is 9.13. The molecule has 0 atom stereocenters. The van der Waals surface area contributed by atoms with Crippen molar-refractivity contribution in [3.8, 4) is 0 Å². The van der Waals surface area contributed by atoms with E-state index in [0.717, 1.165) is 37.7 Å². The largest absolute Gasteiger partial charge is 0.480 e. The predicted molar refractivity (Wildman–Crippen MR) is 101 cm³/mol. The van der Waals surface area contributed by atoms with Crippen molar-refractivity contribution in [2.24, 2.45) is 0 Å². The Morgan fingerprint density at radius 3 is 2.26 bits per heavy atom. The number of anilines is 1. The summed E-state index contributed by atoms with van der Waals surface area (Å²) in [6.45, 7) is 3.77. The van der Waals surface area contributed by atoms with E-state index in [1.165, 1.54) is 17.7 Å². The van der Waals surface area contributed by atoms with E-state index in [1.807, 2.05) is 4.90 Å². The summed E-state index contributed by atoms with van der Waals surface area (Å²) in [6.07, 6.45) is 1.61. The minimum atomic E-state index is -0.937. The van der Waals surface area contributed by atoms with Crippen molar-refractivity contribution in [3.63, 3.8) is 0 Å². The van der Waals surface area contributed by atoms with Crippen LogP contribution in [0.3, 0.4) is 0 Å². The lowest BCUT2D eigenvalue weighted by atomic mass is 10.0. The average Bonchev–Trinajstić information content (AvgIpc) is 2.61. The van der Waals surface area contributed by atoms with E-state index in [0.29, 0.717) is 5.56 Å². The lowest BCUT2D eigenvalue weighted by molar-refractivity contribution is -0.139. The second-order valence-corrected chi connectivity index (χ2v) is 7.13. The fourth-order valence-electron chi connectivity index (χ4n) is 3.67. The summed E-state index contributed by atoms with van der Waals surface area (Å²) < 4.78 is 26.9. The molecule has 1 saturated heterocycles. The highest BCUT2D eigenvalue weighted by atomic mass is 19.1. The van der Waals surface area contributed by atoms with Gasteiger partial charge >= 0.3 is 5.97 Å². The van der Waals surface area contributed by atoms with Gasteiger partial charge in [0.1, 0.15) is 11.6 Å². The highest BCUT2D eigenvalue weighted by Gasteiger charge is 2.26. The number of carboxylic acid groups (broad SMARTS) is 1. The zero-order valence-electron chi connectivity index (χ0n) is 15.4. The number of halogens is 2. The highest BCUT2D eigenvalue weighted by molar-refractivity contribution is 5.69. The SMILES string of the molecule is Cc1ccc(N2CCC(N(CC(=O)O)Cc3cc(F)cc(F)c3)CC2)cc1. The molecule has 6 heteroatoms. The quantitative estimate of drug-likeness (QED) is 0.835. The zero-order chi connectivity index (χ0) is 19.4. The fraction of sp³-hybridized carbons (Fsp3) is 0.381. The van der Waals surface area contributed by atoms with Crippen LogP contribution in [-0.4, -0.2) is 41.7 Å². The van der Waals surface area contributed by atoms with E-state index in [9.17, 15) is 18.7 Å². The Bertz CT molecular complexity index is 767.